The molecule has 25 heavy (non-hydrogen) atoms. The maximum absolute atomic E-state index is 13.2. The fraction of sp³-hybridized carbons (Fsp3) is 0.211. The Hall–Kier alpha value is -2.73. The second-order valence-corrected chi connectivity index (χ2v) is 6.33. The van der Waals surface area contributed by atoms with Gasteiger partial charge in [-0.1, -0.05) is 6.07 Å². The van der Waals surface area contributed by atoms with E-state index < -0.39 is 17.5 Å². The van der Waals surface area contributed by atoms with Gasteiger partial charge in [-0.3, -0.25) is 4.79 Å². The number of hydrogen-bond donors (Lipinski definition) is 3. The van der Waals surface area contributed by atoms with Gasteiger partial charge in [-0.2, -0.15) is 0 Å². The number of carbonyl (C=O) groups excluding carboxylic acids is 1. The van der Waals surface area contributed by atoms with Crippen LogP contribution in [0.25, 0.3) is 10.9 Å². The van der Waals surface area contributed by atoms with Gasteiger partial charge >= 0.3 is 0 Å². The number of aromatic amines is 1. The normalized spacial score (nSPS) is 17.1. The molecule has 1 aromatic heterocycles. The zero-order valence-electron chi connectivity index (χ0n) is 13.4. The Morgan fingerprint density at radius 3 is 2.60 bits per heavy atom. The van der Waals surface area contributed by atoms with Gasteiger partial charge in [-0.05, 0) is 54.8 Å². The number of anilines is 1. The highest BCUT2D eigenvalue weighted by atomic mass is 19.1. The van der Waals surface area contributed by atoms with Crippen molar-refractivity contribution in [3.05, 3.63) is 65.4 Å². The average molecular weight is 341 g/mol. The highest BCUT2D eigenvalue weighted by Gasteiger charge is 2.18. The molecule has 2 aromatic carbocycles. The Balaban J connectivity index is 1.59. The molecule has 1 aliphatic rings. The van der Waals surface area contributed by atoms with Gasteiger partial charge in [0.15, 0.2) is 0 Å². The summed E-state index contributed by atoms with van der Waals surface area (Å²) in [6.07, 6.45) is 1.11. The summed E-state index contributed by atoms with van der Waals surface area (Å²) in [5, 5.41) is 6.80. The Bertz CT molecular complexity index is 925. The molecule has 3 aromatic rings. The van der Waals surface area contributed by atoms with E-state index in [0.717, 1.165) is 48.6 Å². The summed E-state index contributed by atoms with van der Waals surface area (Å²) >= 11 is 0. The third-order valence-corrected chi connectivity index (χ3v) is 4.54. The van der Waals surface area contributed by atoms with Crippen LogP contribution in [0.3, 0.4) is 0 Å². The zero-order chi connectivity index (χ0) is 17.4. The molecule has 4 nitrogen and oxygen atoms in total. The predicted molar refractivity (Wildman–Crippen MR) is 92.8 cm³/mol. The first-order chi connectivity index (χ1) is 12.1. The summed E-state index contributed by atoms with van der Waals surface area (Å²) in [5.41, 5.74) is 2.53. The molecular formula is C19H17F2N3O. The predicted octanol–water partition coefficient (Wildman–Crippen LogP) is 3.78. The Morgan fingerprint density at radius 2 is 1.88 bits per heavy atom. The number of rotatable bonds is 3. The highest BCUT2D eigenvalue weighted by molar-refractivity contribution is 6.06. The molecule has 0 aliphatic carbocycles. The minimum atomic E-state index is -0.734. The lowest BCUT2D eigenvalue weighted by atomic mass is 9.97. The van der Waals surface area contributed by atoms with Crippen LogP contribution in [-0.2, 0) is 0 Å². The summed E-state index contributed by atoms with van der Waals surface area (Å²) in [6, 6.07) is 10.8. The number of fused-ring (bicyclic) bond motifs is 1. The number of benzene rings is 2. The SMILES string of the molecule is O=C(Nc1cc(F)cc(F)c1)c1cc2cc(C3CCNC3)ccc2[nH]1. The van der Waals surface area contributed by atoms with E-state index in [9.17, 15) is 13.6 Å². The largest absolute Gasteiger partial charge is 0.351 e. The molecule has 1 saturated heterocycles. The quantitative estimate of drug-likeness (QED) is 0.679. The molecule has 2 heterocycles. The summed E-state index contributed by atoms with van der Waals surface area (Å²) in [5.74, 6) is -1.42. The van der Waals surface area contributed by atoms with Crippen molar-refractivity contribution in [2.24, 2.45) is 0 Å². The van der Waals surface area contributed by atoms with Gasteiger partial charge in [0.25, 0.3) is 5.91 Å². The van der Waals surface area contributed by atoms with E-state index >= 15 is 0 Å². The van der Waals surface area contributed by atoms with E-state index in [1.165, 1.54) is 5.56 Å². The minimum absolute atomic E-state index is 0.0823. The monoisotopic (exact) mass is 341 g/mol. The number of H-pyrrole nitrogens is 1. The first-order valence-electron chi connectivity index (χ1n) is 8.19. The van der Waals surface area contributed by atoms with Crippen LogP contribution >= 0.6 is 0 Å². The van der Waals surface area contributed by atoms with Gasteiger partial charge in [0, 0.05) is 29.2 Å². The number of hydrogen-bond acceptors (Lipinski definition) is 2. The fourth-order valence-electron chi connectivity index (χ4n) is 3.29. The van der Waals surface area contributed by atoms with E-state index in [1.54, 1.807) is 6.07 Å². The zero-order valence-corrected chi connectivity index (χ0v) is 13.4. The molecule has 1 amide bonds. The van der Waals surface area contributed by atoms with Crippen molar-refractivity contribution in [2.45, 2.75) is 12.3 Å². The van der Waals surface area contributed by atoms with E-state index in [-0.39, 0.29) is 5.69 Å². The van der Waals surface area contributed by atoms with Crippen molar-refractivity contribution in [1.29, 1.82) is 0 Å². The average Bonchev–Trinajstić information content (AvgIpc) is 3.22. The molecule has 0 bridgehead atoms. The molecule has 0 radical (unpaired) electrons. The van der Waals surface area contributed by atoms with Crippen LogP contribution in [0.5, 0.6) is 0 Å². The van der Waals surface area contributed by atoms with Crippen molar-refractivity contribution < 1.29 is 13.6 Å². The Morgan fingerprint density at radius 1 is 1.08 bits per heavy atom. The second-order valence-electron chi connectivity index (χ2n) is 6.33. The number of aromatic nitrogens is 1. The molecule has 128 valence electrons. The van der Waals surface area contributed by atoms with Gasteiger partial charge in [0.1, 0.15) is 17.3 Å². The Kier molecular flexibility index (Phi) is 3.97. The van der Waals surface area contributed by atoms with Crippen LogP contribution in [-0.4, -0.2) is 24.0 Å². The van der Waals surface area contributed by atoms with Crippen LogP contribution in [0, 0.1) is 11.6 Å². The first kappa shape index (κ1) is 15.8. The van der Waals surface area contributed by atoms with E-state index in [2.05, 4.69) is 27.8 Å². The minimum Gasteiger partial charge on any atom is -0.351 e. The lowest BCUT2D eigenvalue weighted by Crippen LogP contribution is -2.12. The standard InChI is InChI=1S/C19H17F2N3O/c20-14-7-15(21)9-16(8-14)23-19(25)18-6-13-5-11(1-2-17(13)24-18)12-3-4-22-10-12/h1-2,5-9,12,22,24H,3-4,10H2,(H,23,25). The Labute approximate surface area is 143 Å². The topological polar surface area (TPSA) is 56.9 Å². The number of carbonyl (C=O) groups is 1. The van der Waals surface area contributed by atoms with Gasteiger partial charge in [-0.15, -0.1) is 0 Å². The molecule has 1 aliphatic heterocycles. The fourth-order valence-corrected chi connectivity index (χ4v) is 3.29. The van der Waals surface area contributed by atoms with E-state index in [4.69, 9.17) is 0 Å². The van der Waals surface area contributed by atoms with Crippen molar-refractivity contribution in [3.63, 3.8) is 0 Å². The number of nitrogens with one attached hydrogen (secondary N) is 3. The summed E-state index contributed by atoms with van der Waals surface area (Å²) in [4.78, 5) is 15.4. The van der Waals surface area contributed by atoms with Gasteiger partial charge in [-0.25, -0.2) is 8.78 Å². The number of halogens is 2. The molecule has 0 saturated carbocycles. The molecule has 1 atom stereocenters. The van der Waals surface area contributed by atoms with Crippen LogP contribution < -0.4 is 10.6 Å². The smallest absolute Gasteiger partial charge is 0.272 e. The molecule has 4 rings (SSSR count). The van der Waals surface area contributed by atoms with Crippen LogP contribution in [0.1, 0.15) is 28.4 Å². The third-order valence-electron chi connectivity index (χ3n) is 4.54. The molecule has 1 unspecified atom stereocenters. The van der Waals surface area contributed by atoms with Crippen LogP contribution in [0.4, 0.5) is 14.5 Å². The van der Waals surface area contributed by atoms with Crippen molar-refractivity contribution in [3.8, 4) is 0 Å². The van der Waals surface area contributed by atoms with Gasteiger partial charge < -0.3 is 15.6 Å². The maximum Gasteiger partial charge on any atom is 0.272 e. The maximum atomic E-state index is 13.2. The lowest BCUT2D eigenvalue weighted by molar-refractivity contribution is 0.102. The molecular weight excluding hydrogens is 324 g/mol. The third kappa shape index (κ3) is 3.25. The van der Waals surface area contributed by atoms with E-state index in [0.29, 0.717) is 11.6 Å². The van der Waals surface area contributed by atoms with Crippen molar-refractivity contribution in [1.82, 2.24) is 10.3 Å². The summed E-state index contributed by atoms with van der Waals surface area (Å²) < 4.78 is 26.5. The van der Waals surface area contributed by atoms with Crippen LogP contribution in [0.15, 0.2) is 42.5 Å². The lowest BCUT2D eigenvalue weighted by Gasteiger charge is -2.08. The molecule has 3 N–H and O–H groups in total. The first-order valence-corrected chi connectivity index (χ1v) is 8.19. The summed E-state index contributed by atoms with van der Waals surface area (Å²) in [6.45, 7) is 1.99. The van der Waals surface area contributed by atoms with Crippen molar-refractivity contribution in [2.75, 3.05) is 18.4 Å². The number of amides is 1. The highest BCUT2D eigenvalue weighted by Crippen LogP contribution is 2.26. The molecule has 0 spiro atoms. The van der Waals surface area contributed by atoms with Gasteiger partial charge in [0.2, 0.25) is 0 Å². The van der Waals surface area contributed by atoms with E-state index in [1.807, 2.05) is 6.07 Å². The molecule has 1 fully saturated rings. The second kappa shape index (κ2) is 6.29. The van der Waals surface area contributed by atoms with Crippen LogP contribution in [0.2, 0.25) is 0 Å². The summed E-state index contributed by atoms with van der Waals surface area (Å²) in [7, 11) is 0. The van der Waals surface area contributed by atoms with Crippen molar-refractivity contribution >= 4 is 22.5 Å². The molecule has 6 heteroatoms. The van der Waals surface area contributed by atoms with Gasteiger partial charge in [0.05, 0.1) is 0 Å².